The lowest BCUT2D eigenvalue weighted by Gasteiger charge is -2.10. The normalized spacial score (nSPS) is 10.9. The van der Waals surface area contributed by atoms with Gasteiger partial charge in [-0.1, -0.05) is 41.7 Å². The fourth-order valence-corrected chi connectivity index (χ4v) is 4.01. The molecule has 0 bridgehead atoms. The minimum atomic E-state index is -0.445. The maximum absolute atomic E-state index is 12.8. The molecule has 5 nitrogen and oxygen atoms in total. The zero-order chi connectivity index (χ0) is 19.7. The van der Waals surface area contributed by atoms with Crippen LogP contribution in [0.3, 0.4) is 0 Å². The molecule has 2 aromatic carbocycles. The Kier molecular flexibility index (Phi) is 4.79. The standard InChI is InChI=1S/C22H19N3O2S/c1-14-9-10-18-19(12-14)28-22(23-18)24-20(26)17-8-5-11-25(21(17)27)13-16-7-4-3-6-15(16)2/h3-12H,13H2,1-2H3,(H,23,24,26). The number of aryl methyl sites for hydroxylation is 2. The van der Waals surface area contributed by atoms with E-state index in [1.807, 2.05) is 56.3 Å². The lowest BCUT2D eigenvalue weighted by atomic mass is 10.1. The number of rotatable bonds is 4. The first kappa shape index (κ1) is 18.1. The molecule has 0 saturated carbocycles. The van der Waals surface area contributed by atoms with E-state index < -0.39 is 5.91 Å². The van der Waals surface area contributed by atoms with E-state index in [1.165, 1.54) is 11.3 Å². The summed E-state index contributed by atoms with van der Waals surface area (Å²) in [7, 11) is 0. The quantitative estimate of drug-likeness (QED) is 0.563. The second kappa shape index (κ2) is 7.40. The first-order valence-electron chi connectivity index (χ1n) is 8.94. The van der Waals surface area contributed by atoms with Crippen LogP contribution >= 0.6 is 11.3 Å². The molecular weight excluding hydrogens is 370 g/mol. The average Bonchev–Trinajstić information content (AvgIpc) is 3.06. The number of amides is 1. The van der Waals surface area contributed by atoms with Crippen molar-refractivity contribution in [3.8, 4) is 0 Å². The number of carbonyl (C=O) groups is 1. The van der Waals surface area contributed by atoms with Gasteiger partial charge in [0.05, 0.1) is 16.8 Å². The molecule has 0 aliphatic carbocycles. The number of benzene rings is 2. The first-order valence-corrected chi connectivity index (χ1v) is 9.75. The summed E-state index contributed by atoms with van der Waals surface area (Å²) in [5.74, 6) is -0.445. The van der Waals surface area contributed by atoms with Crippen LogP contribution in [0.15, 0.2) is 65.6 Å². The molecule has 4 rings (SSSR count). The Balaban J connectivity index is 1.60. The third kappa shape index (κ3) is 3.59. The van der Waals surface area contributed by atoms with E-state index in [0.29, 0.717) is 11.7 Å². The molecule has 0 unspecified atom stereocenters. The van der Waals surface area contributed by atoms with Crippen molar-refractivity contribution in [1.29, 1.82) is 0 Å². The molecule has 0 radical (unpaired) electrons. The van der Waals surface area contributed by atoms with Crippen molar-refractivity contribution in [2.45, 2.75) is 20.4 Å². The van der Waals surface area contributed by atoms with E-state index in [9.17, 15) is 9.59 Å². The summed E-state index contributed by atoms with van der Waals surface area (Å²) in [6, 6.07) is 17.1. The Morgan fingerprint density at radius 3 is 2.75 bits per heavy atom. The number of nitrogens with zero attached hydrogens (tertiary/aromatic N) is 2. The molecular formula is C22H19N3O2S. The van der Waals surface area contributed by atoms with Crippen molar-refractivity contribution < 1.29 is 4.79 Å². The van der Waals surface area contributed by atoms with Gasteiger partial charge in [0.15, 0.2) is 5.13 Å². The fraction of sp³-hybridized carbons (Fsp3) is 0.136. The number of fused-ring (bicyclic) bond motifs is 1. The SMILES string of the molecule is Cc1ccc2nc(NC(=O)c3cccn(Cc4ccccc4C)c3=O)sc2c1. The number of hydrogen-bond donors (Lipinski definition) is 1. The average molecular weight is 389 g/mol. The molecule has 140 valence electrons. The van der Waals surface area contributed by atoms with Crippen LogP contribution in [0.5, 0.6) is 0 Å². The molecule has 0 spiro atoms. The van der Waals surface area contributed by atoms with Crippen molar-refractivity contribution in [3.63, 3.8) is 0 Å². The zero-order valence-electron chi connectivity index (χ0n) is 15.6. The second-order valence-corrected chi connectivity index (χ2v) is 7.76. The molecule has 0 aliphatic heterocycles. The topological polar surface area (TPSA) is 64.0 Å². The Morgan fingerprint density at radius 2 is 1.93 bits per heavy atom. The van der Waals surface area contributed by atoms with Gasteiger partial charge >= 0.3 is 0 Å². The van der Waals surface area contributed by atoms with Gasteiger partial charge < -0.3 is 4.57 Å². The van der Waals surface area contributed by atoms with Crippen LogP contribution in [0.1, 0.15) is 27.0 Å². The van der Waals surface area contributed by atoms with Crippen molar-refractivity contribution in [2.75, 3.05) is 5.32 Å². The summed E-state index contributed by atoms with van der Waals surface area (Å²) in [5.41, 5.74) is 3.90. The minimum absolute atomic E-state index is 0.103. The third-order valence-electron chi connectivity index (χ3n) is 4.63. The molecule has 1 N–H and O–H groups in total. The summed E-state index contributed by atoms with van der Waals surface area (Å²) in [6.07, 6.45) is 1.70. The highest BCUT2D eigenvalue weighted by Crippen LogP contribution is 2.26. The number of hydrogen-bond acceptors (Lipinski definition) is 4. The van der Waals surface area contributed by atoms with E-state index in [1.54, 1.807) is 22.9 Å². The van der Waals surface area contributed by atoms with Crippen LogP contribution < -0.4 is 10.9 Å². The number of thiazole rings is 1. The Morgan fingerprint density at radius 1 is 1.11 bits per heavy atom. The molecule has 2 heterocycles. The van der Waals surface area contributed by atoms with E-state index >= 15 is 0 Å². The number of carbonyl (C=O) groups excluding carboxylic acids is 1. The summed E-state index contributed by atoms with van der Waals surface area (Å²) in [4.78, 5) is 29.9. The van der Waals surface area contributed by atoms with Crippen molar-refractivity contribution in [2.24, 2.45) is 0 Å². The Hall–Kier alpha value is -3.25. The van der Waals surface area contributed by atoms with E-state index in [0.717, 1.165) is 26.9 Å². The second-order valence-electron chi connectivity index (χ2n) is 6.73. The van der Waals surface area contributed by atoms with Gasteiger partial charge in [-0.3, -0.25) is 14.9 Å². The molecule has 0 fully saturated rings. The number of anilines is 1. The van der Waals surface area contributed by atoms with Crippen LogP contribution in [-0.4, -0.2) is 15.5 Å². The lowest BCUT2D eigenvalue weighted by molar-refractivity contribution is 0.102. The molecule has 2 aromatic heterocycles. The summed E-state index contributed by atoms with van der Waals surface area (Å²) < 4.78 is 2.55. The Labute approximate surface area is 166 Å². The smallest absolute Gasteiger partial charge is 0.263 e. The van der Waals surface area contributed by atoms with Crippen LogP contribution in [0.4, 0.5) is 5.13 Å². The molecule has 28 heavy (non-hydrogen) atoms. The van der Waals surface area contributed by atoms with Crippen LogP contribution in [0.2, 0.25) is 0 Å². The van der Waals surface area contributed by atoms with Gasteiger partial charge in [-0.2, -0.15) is 0 Å². The molecule has 6 heteroatoms. The summed E-state index contributed by atoms with van der Waals surface area (Å²) in [6.45, 7) is 4.44. The van der Waals surface area contributed by atoms with Crippen molar-refractivity contribution in [1.82, 2.24) is 9.55 Å². The van der Waals surface area contributed by atoms with Gasteiger partial charge in [0.1, 0.15) is 5.56 Å². The fourth-order valence-electron chi connectivity index (χ4n) is 3.05. The maximum atomic E-state index is 12.8. The largest absolute Gasteiger partial charge is 0.310 e. The highest BCUT2D eigenvalue weighted by molar-refractivity contribution is 7.22. The van der Waals surface area contributed by atoms with Gasteiger partial charge in [0.25, 0.3) is 11.5 Å². The van der Waals surface area contributed by atoms with E-state index in [4.69, 9.17) is 0 Å². The van der Waals surface area contributed by atoms with Crippen molar-refractivity contribution >= 4 is 32.6 Å². The molecule has 1 amide bonds. The van der Waals surface area contributed by atoms with Gasteiger partial charge in [0.2, 0.25) is 0 Å². The highest BCUT2D eigenvalue weighted by Gasteiger charge is 2.15. The molecule has 0 aliphatic rings. The maximum Gasteiger partial charge on any atom is 0.263 e. The third-order valence-corrected chi connectivity index (χ3v) is 5.56. The van der Waals surface area contributed by atoms with Gasteiger partial charge in [-0.15, -0.1) is 0 Å². The minimum Gasteiger partial charge on any atom is -0.310 e. The molecule has 4 aromatic rings. The number of aromatic nitrogens is 2. The van der Waals surface area contributed by atoms with Crippen LogP contribution in [-0.2, 0) is 6.54 Å². The summed E-state index contributed by atoms with van der Waals surface area (Å²) >= 11 is 1.40. The number of nitrogens with one attached hydrogen (secondary N) is 1. The molecule has 0 saturated heterocycles. The predicted octanol–water partition coefficient (Wildman–Crippen LogP) is 4.38. The number of pyridine rings is 1. The highest BCUT2D eigenvalue weighted by atomic mass is 32.1. The van der Waals surface area contributed by atoms with Gasteiger partial charge in [-0.25, -0.2) is 4.98 Å². The predicted molar refractivity (Wildman–Crippen MR) is 113 cm³/mol. The molecule has 0 atom stereocenters. The van der Waals surface area contributed by atoms with Crippen LogP contribution in [0.25, 0.3) is 10.2 Å². The Bertz CT molecular complexity index is 1240. The van der Waals surface area contributed by atoms with Gasteiger partial charge in [0, 0.05) is 6.20 Å². The summed E-state index contributed by atoms with van der Waals surface area (Å²) in [5, 5.41) is 3.25. The zero-order valence-corrected chi connectivity index (χ0v) is 16.4. The van der Waals surface area contributed by atoms with Gasteiger partial charge in [-0.05, 0) is 54.8 Å². The lowest BCUT2D eigenvalue weighted by Crippen LogP contribution is -2.29. The monoisotopic (exact) mass is 389 g/mol. The van der Waals surface area contributed by atoms with Crippen LogP contribution in [0, 0.1) is 13.8 Å². The first-order chi connectivity index (χ1) is 13.5. The van der Waals surface area contributed by atoms with Crippen molar-refractivity contribution in [3.05, 3.63) is 93.4 Å². The van der Waals surface area contributed by atoms with E-state index in [2.05, 4.69) is 10.3 Å². The van der Waals surface area contributed by atoms with E-state index in [-0.39, 0.29) is 11.1 Å².